The molecule has 0 amide bonds. The molecular weight excluding hydrogens is 250 g/mol. The maximum atomic E-state index is 5.90. The highest BCUT2D eigenvalue weighted by Crippen LogP contribution is 2.25. The molecule has 0 spiro atoms. The molecule has 0 bridgehead atoms. The van der Waals surface area contributed by atoms with E-state index < -0.39 is 0 Å². The van der Waals surface area contributed by atoms with Crippen molar-refractivity contribution in [3.8, 4) is 5.75 Å². The van der Waals surface area contributed by atoms with Crippen molar-refractivity contribution in [3.05, 3.63) is 29.8 Å². The molecule has 0 saturated carbocycles. The second-order valence-electron chi connectivity index (χ2n) is 5.50. The minimum atomic E-state index is 0.289. The Morgan fingerprint density at radius 3 is 3.00 bits per heavy atom. The Balaban J connectivity index is 1.88. The quantitative estimate of drug-likeness (QED) is 0.735. The fourth-order valence-electron chi connectivity index (χ4n) is 2.52. The van der Waals surface area contributed by atoms with E-state index in [1.54, 1.807) is 0 Å². The van der Waals surface area contributed by atoms with Gasteiger partial charge in [-0.1, -0.05) is 31.5 Å². The number of para-hydroxylation sites is 1. The van der Waals surface area contributed by atoms with Crippen LogP contribution in [0.5, 0.6) is 5.75 Å². The molecule has 3 nitrogen and oxygen atoms in total. The summed E-state index contributed by atoms with van der Waals surface area (Å²) in [6.45, 7) is 7.01. The zero-order valence-electron chi connectivity index (χ0n) is 12.7. The second-order valence-corrected chi connectivity index (χ2v) is 5.50. The molecule has 1 aromatic rings. The van der Waals surface area contributed by atoms with Gasteiger partial charge >= 0.3 is 0 Å². The zero-order chi connectivity index (χ0) is 14.2. The molecule has 1 aliphatic rings. The third-order valence-electron chi connectivity index (χ3n) is 3.82. The van der Waals surface area contributed by atoms with Crippen LogP contribution in [0.1, 0.15) is 51.1 Å². The second kappa shape index (κ2) is 8.28. The Morgan fingerprint density at radius 1 is 1.40 bits per heavy atom. The standard InChI is InChI=1S/C17H27NO2/c1-3-4-11-20-17-10-6-5-9-16(17)14(2)18-13-15-8-7-12-19-15/h5-6,9-10,14-15,18H,3-4,7-8,11-13H2,1-2H3/t14-,15+/m1/s1. The highest BCUT2D eigenvalue weighted by Gasteiger charge is 2.17. The van der Waals surface area contributed by atoms with E-state index in [4.69, 9.17) is 9.47 Å². The van der Waals surface area contributed by atoms with Crippen molar-refractivity contribution in [2.24, 2.45) is 0 Å². The average Bonchev–Trinajstić information content (AvgIpc) is 2.99. The van der Waals surface area contributed by atoms with Crippen LogP contribution in [-0.4, -0.2) is 25.9 Å². The summed E-state index contributed by atoms with van der Waals surface area (Å²) in [4.78, 5) is 0. The lowest BCUT2D eigenvalue weighted by Gasteiger charge is -2.20. The summed E-state index contributed by atoms with van der Waals surface area (Å²) >= 11 is 0. The van der Waals surface area contributed by atoms with Crippen molar-refractivity contribution in [3.63, 3.8) is 0 Å². The number of benzene rings is 1. The molecule has 20 heavy (non-hydrogen) atoms. The van der Waals surface area contributed by atoms with Gasteiger partial charge in [0.25, 0.3) is 0 Å². The van der Waals surface area contributed by atoms with E-state index in [0.717, 1.165) is 38.3 Å². The molecule has 0 unspecified atom stereocenters. The molecule has 1 heterocycles. The van der Waals surface area contributed by atoms with E-state index in [1.807, 2.05) is 6.07 Å². The Morgan fingerprint density at radius 2 is 2.25 bits per heavy atom. The minimum absolute atomic E-state index is 0.289. The van der Waals surface area contributed by atoms with E-state index >= 15 is 0 Å². The summed E-state index contributed by atoms with van der Waals surface area (Å²) in [6.07, 6.45) is 5.01. The number of nitrogens with one attached hydrogen (secondary N) is 1. The molecule has 1 aromatic carbocycles. The lowest BCUT2D eigenvalue weighted by Crippen LogP contribution is -2.28. The molecule has 3 heteroatoms. The van der Waals surface area contributed by atoms with Crippen molar-refractivity contribution < 1.29 is 9.47 Å². The number of unbranched alkanes of at least 4 members (excludes halogenated alkanes) is 1. The first-order chi connectivity index (χ1) is 9.81. The van der Waals surface area contributed by atoms with Gasteiger partial charge < -0.3 is 14.8 Å². The number of hydrogen-bond acceptors (Lipinski definition) is 3. The molecular formula is C17H27NO2. The van der Waals surface area contributed by atoms with Gasteiger partial charge in [-0.15, -0.1) is 0 Å². The predicted octanol–water partition coefficient (Wildman–Crippen LogP) is 3.70. The first-order valence-electron chi connectivity index (χ1n) is 7.88. The monoisotopic (exact) mass is 277 g/mol. The zero-order valence-corrected chi connectivity index (χ0v) is 12.7. The summed E-state index contributed by atoms with van der Waals surface area (Å²) in [5.74, 6) is 1.01. The van der Waals surface area contributed by atoms with Gasteiger partial charge in [-0.3, -0.25) is 0 Å². The van der Waals surface area contributed by atoms with Gasteiger partial charge in [0.1, 0.15) is 5.75 Å². The van der Waals surface area contributed by atoms with Crippen molar-refractivity contribution in [2.75, 3.05) is 19.8 Å². The van der Waals surface area contributed by atoms with Gasteiger partial charge in [0, 0.05) is 24.8 Å². The molecule has 0 aromatic heterocycles. The molecule has 1 aliphatic heterocycles. The maximum absolute atomic E-state index is 5.90. The number of ether oxygens (including phenoxy) is 2. The summed E-state index contributed by atoms with van der Waals surface area (Å²) in [5.41, 5.74) is 1.24. The maximum Gasteiger partial charge on any atom is 0.124 e. The molecule has 112 valence electrons. The predicted molar refractivity (Wildman–Crippen MR) is 82.2 cm³/mol. The average molecular weight is 277 g/mol. The van der Waals surface area contributed by atoms with Gasteiger partial charge in [0.2, 0.25) is 0 Å². The normalized spacial score (nSPS) is 20.0. The van der Waals surface area contributed by atoms with Crippen LogP contribution in [0, 0.1) is 0 Å². The SMILES string of the molecule is CCCCOc1ccccc1[C@@H](C)NC[C@@H]1CCCO1. The van der Waals surface area contributed by atoms with Crippen molar-refractivity contribution in [2.45, 2.75) is 51.7 Å². The van der Waals surface area contributed by atoms with Gasteiger partial charge in [0.15, 0.2) is 0 Å². The molecule has 0 aliphatic carbocycles. The highest BCUT2D eigenvalue weighted by molar-refractivity contribution is 5.35. The Bertz CT molecular complexity index is 388. The lowest BCUT2D eigenvalue weighted by atomic mass is 10.1. The largest absolute Gasteiger partial charge is 0.493 e. The summed E-state index contributed by atoms with van der Waals surface area (Å²) in [7, 11) is 0. The summed E-state index contributed by atoms with van der Waals surface area (Å²) < 4.78 is 11.6. The molecule has 1 fully saturated rings. The van der Waals surface area contributed by atoms with Crippen LogP contribution >= 0.6 is 0 Å². The first kappa shape index (κ1) is 15.3. The van der Waals surface area contributed by atoms with Crippen LogP contribution < -0.4 is 10.1 Å². The minimum Gasteiger partial charge on any atom is -0.493 e. The van der Waals surface area contributed by atoms with Crippen LogP contribution in [0.4, 0.5) is 0 Å². The van der Waals surface area contributed by atoms with Crippen LogP contribution in [-0.2, 0) is 4.74 Å². The third kappa shape index (κ3) is 4.50. The molecule has 0 radical (unpaired) electrons. The first-order valence-corrected chi connectivity index (χ1v) is 7.88. The topological polar surface area (TPSA) is 30.5 Å². The smallest absolute Gasteiger partial charge is 0.124 e. The molecule has 2 rings (SSSR count). The fraction of sp³-hybridized carbons (Fsp3) is 0.647. The number of hydrogen-bond donors (Lipinski definition) is 1. The van der Waals surface area contributed by atoms with Gasteiger partial charge in [-0.2, -0.15) is 0 Å². The van der Waals surface area contributed by atoms with E-state index in [2.05, 4.69) is 37.4 Å². The summed E-state index contributed by atoms with van der Waals surface area (Å²) in [5, 5.41) is 3.57. The molecule has 2 atom stereocenters. The van der Waals surface area contributed by atoms with E-state index in [9.17, 15) is 0 Å². The van der Waals surface area contributed by atoms with Crippen molar-refractivity contribution in [1.82, 2.24) is 5.32 Å². The van der Waals surface area contributed by atoms with Crippen molar-refractivity contribution >= 4 is 0 Å². The summed E-state index contributed by atoms with van der Waals surface area (Å²) in [6, 6.07) is 8.62. The van der Waals surface area contributed by atoms with Gasteiger partial charge in [-0.25, -0.2) is 0 Å². The number of rotatable bonds is 8. The molecule has 1 N–H and O–H groups in total. The Kier molecular flexibility index (Phi) is 6.34. The van der Waals surface area contributed by atoms with Crippen LogP contribution in [0.15, 0.2) is 24.3 Å². The van der Waals surface area contributed by atoms with E-state index in [-0.39, 0.29) is 6.04 Å². The van der Waals surface area contributed by atoms with Crippen LogP contribution in [0.2, 0.25) is 0 Å². The van der Waals surface area contributed by atoms with Crippen LogP contribution in [0.3, 0.4) is 0 Å². The Hall–Kier alpha value is -1.06. The van der Waals surface area contributed by atoms with Crippen molar-refractivity contribution in [1.29, 1.82) is 0 Å². The highest BCUT2D eigenvalue weighted by atomic mass is 16.5. The van der Waals surface area contributed by atoms with Gasteiger partial charge in [0.05, 0.1) is 12.7 Å². The molecule has 1 saturated heterocycles. The third-order valence-corrected chi connectivity index (χ3v) is 3.82. The van der Waals surface area contributed by atoms with E-state index in [0.29, 0.717) is 6.10 Å². The van der Waals surface area contributed by atoms with Crippen LogP contribution in [0.25, 0.3) is 0 Å². The van der Waals surface area contributed by atoms with E-state index in [1.165, 1.54) is 18.4 Å². The van der Waals surface area contributed by atoms with Gasteiger partial charge in [-0.05, 0) is 32.3 Å². The lowest BCUT2D eigenvalue weighted by molar-refractivity contribution is 0.108. The fourth-order valence-corrected chi connectivity index (χ4v) is 2.52. The Labute approximate surface area is 122 Å².